The Kier molecular flexibility index (Phi) is 5.11. The van der Waals surface area contributed by atoms with Gasteiger partial charge in [0.1, 0.15) is 17.4 Å². The zero-order valence-corrected chi connectivity index (χ0v) is 13.1. The fourth-order valence-electron chi connectivity index (χ4n) is 1.59. The van der Waals surface area contributed by atoms with E-state index in [1.54, 1.807) is 18.2 Å². The Bertz CT molecular complexity index is 590. The third-order valence-electron chi connectivity index (χ3n) is 2.65. The Labute approximate surface area is 130 Å². The van der Waals surface area contributed by atoms with Crippen LogP contribution in [-0.4, -0.2) is 0 Å². The number of benzene rings is 2. The number of nitrogens with two attached hydrogens (primary N) is 1. The minimum absolute atomic E-state index is 0.408. The van der Waals surface area contributed by atoms with Gasteiger partial charge in [0.05, 0.1) is 5.02 Å². The molecule has 2 rings (SSSR count). The summed E-state index contributed by atoms with van der Waals surface area (Å²) >= 11 is 15.5. The van der Waals surface area contributed by atoms with Crippen molar-refractivity contribution in [2.45, 2.75) is 13.2 Å². The quantitative estimate of drug-likeness (QED) is 0.850. The van der Waals surface area contributed by atoms with Crippen molar-refractivity contribution >= 4 is 39.1 Å². The van der Waals surface area contributed by atoms with Crippen LogP contribution in [-0.2, 0) is 13.2 Å². The van der Waals surface area contributed by atoms with Crippen molar-refractivity contribution in [1.82, 2.24) is 0 Å². The van der Waals surface area contributed by atoms with Gasteiger partial charge in [0.25, 0.3) is 0 Å². The Hall–Kier alpha value is -0.740. The van der Waals surface area contributed by atoms with Gasteiger partial charge in [-0.05, 0) is 23.8 Å². The number of ether oxygens (including phenoxy) is 1. The Morgan fingerprint density at radius 2 is 1.95 bits per heavy atom. The first-order chi connectivity index (χ1) is 9.11. The number of hydrogen-bond acceptors (Lipinski definition) is 2. The molecule has 0 bridgehead atoms. The van der Waals surface area contributed by atoms with Gasteiger partial charge >= 0.3 is 0 Å². The van der Waals surface area contributed by atoms with Gasteiger partial charge in [-0.15, -0.1) is 0 Å². The molecule has 0 spiro atoms. The largest absolute Gasteiger partial charge is 0.487 e. The van der Waals surface area contributed by atoms with Crippen LogP contribution in [0.5, 0.6) is 5.75 Å². The maximum absolute atomic E-state index is 6.06. The van der Waals surface area contributed by atoms with Crippen molar-refractivity contribution in [2.75, 3.05) is 0 Å². The maximum atomic E-state index is 6.06. The van der Waals surface area contributed by atoms with E-state index in [-0.39, 0.29) is 0 Å². The van der Waals surface area contributed by atoms with Gasteiger partial charge in [-0.1, -0.05) is 57.3 Å². The van der Waals surface area contributed by atoms with Crippen LogP contribution in [0.3, 0.4) is 0 Å². The highest BCUT2D eigenvalue weighted by Gasteiger charge is 2.07. The molecule has 0 aliphatic rings. The number of hydrogen-bond donors (Lipinski definition) is 1. The molecule has 0 saturated carbocycles. The summed E-state index contributed by atoms with van der Waals surface area (Å²) in [5.41, 5.74) is 7.67. The van der Waals surface area contributed by atoms with Gasteiger partial charge in [0.15, 0.2) is 0 Å². The zero-order valence-electron chi connectivity index (χ0n) is 10.00. The van der Waals surface area contributed by atoms with Crippen LogP contribution >= 0.6 is 39.1 Å². The van der Waals surface area contributed by atoms with Crippen LogP contribution in [0.1, 0.15) is 11.1 Å². The Balaban J connectivity index is 2.12. The van der Waals surface area contributed by atoms with E-state index >= 15 is 0 Å². The van der Waals surface area contributed by atoms with Gasteiger partial charge in [0.2, 0.25) is 0 Å². The molecule has 5 heteroatoms. The lowest BCUT2D eigenvalue weighted by Gasteiger charge is -2.11. The maximum Gasteiger partial charge on any atom is 0.139 e. The van der Waals surface area contributed by atoms with Crippen molar-refractivity contribution in [3.05, 3.63) is 62.0 Å². The van der Waals surface area contributed by atoms with Crippen LogP contribution in [0.25, 0.3) is 0 Å². The molecule has 0 amide bonds. The average molecular weight is 361 g/mol. The molecule has 0 saturated heterocycles. The standard InChI is InChI=1S/C14H12BrCl2NO/c15-11-6-9(7-18)4-5-10(11)8-19-13-3-1-2-12(16)14(13)17/h1-6H,7-8,18H2. The highest BCUT2D eigenvalue weighted by atomic mass is 79.9. The summed E-state index contributed by atoms with van der Waals surface area (Å²) in [5, 5.41) is 0.913. The number of halogens is 3. The lowest BCUT2D eigenvalue weighted by molar-refractivity contribution is 0.305. The molecule has 2 aromatic rings. The Morgan fingerprint density at radius 3 is 2.63 bits per heavy atom. The molecule has 2 N–H and O–H groups in total. The lowest BCUT2D eigenvalue weighted by Crippen LogP contribution is -2.00. The van der Waals surface area contributed by atoms with Crippen molar-refractivity contribution in [3.63, 3.8) is 0 Å². The first kappa shape index (κ1) is 14.7. The van der Waals surface area contributed by atoms with Gasteiger partial charge in [-0.2, -0.15) is 0 Å². The van der Waals surface area contributed by atoms with E-state index in [4.69, 9.17) is 33.7 Å². The van der Waals surface area contributed by atoms with Crippen LogP contribution in [0, 0.1) is 0 Å². The summed E-state index contributed by atoms with van der Waals surface area (Å²) in [5.74, 6) is 0.573. The SMILES string of the molecule is NCc1ccc(COc2cccc(Cl)c2Cl)c(Br)c1. The lowest BCUT2D eigenvalue weighted by atomic mass is 10.1. The minimum atomic E-state index is 0.408. The van der Waals surface area contributed by atoms with Crippen molar-refractivity contribution in [3.8, 4) is 5.75 Å². The van der Waals surface area contributed by atoms with E-state index in [9.17, 15) is 0 Å². The van der Waals surface area contributed by atoms with Crippen molar-refractivity contribution in [1.29, 1.82) is 0 Å². The van der Waals surface area contributed by atoms with Crippen LogP contribution in [0.2, 0.25) is 10.0 Å². The molecule has 0 fully saturated rings. The van der Waals surface area contributed by atoms with E-state index in [1.165, 1.54) is 0 Å². The van der Waals surface area contributed by atoms with E-state index in [2.05, 4.69) is 15.9 Å². The smallest absolute Gasteiger partial charge is 0.139 e. The summed E-state index contributed by atoms with van der Waals surface area (Å²) < 4.78 is 6.65. The van der Waals surface area contributed by atoms with Gasteiger partial charge in [-0.25, -0.2) is 0 Å². The Morgan fingerprint density at radius 1 is 1.16 bits per heavy atom. The topological polar surface area (TPSA) is 35.2 Å². The van der Waals surface area contributed by atoms with E-state index in [1.807, 2.05) is 18.2 Å². The normalized spacial score (nSPS) is 10.5. The first-order valence-corrected chi connectivity index (χ1v) is 7.21. The summed E-state index contributed by atoms with van der Waals surface area (Å²) in [7, 11) is 0. The molecule has 0 atom stereocenters. The summed E-state index contributed by atoms with van der Waals surface area (Å²) in [6.45, 7) is 0.922. The predicted molar refractivity (Wildman–Crippen MR) is 82.8 cm³/mol. The van der Waals surface area contributed by atoms with E-state index < -0.39 is 0 Å². The molecular formula is C14H12BrCl2NO. The number of rotatable bonds is 4. The average Bonchev–Trinajstić information content (AvgIpc) is 2.41. The molecular weight excluding hydrogens is 349 g/mol. The predicted octanol–water partition coefficient (Wildman–Crippen LogP) is 4.79. The van der Waals surface area contributed by atoms with Crippen LogP contribution in [0.4, 0.5) is 0 Å². The van der Waals surface area contributed by atoms with Crippen molar-refractivity contribution < 1.29 is 4.74 Å². The second-order valence-corrected chi connectivity index (χ2v) is 5.61. The van der Waals surface area contributed by atoms with Gasteiger partial charge in [-0.3, -0.25) is 0 Å². The third-order valence-corrected chi connectivity index (χ3v) is 4.19. The summed E-state index contributed by atoms with van der Waals surface area (Å²) in [6, 6.07) is 11.3. The summed E-state index contributed by atoms with van der Waals surface area (Å²) in [4.78, 5) is 0. The van der Waals surface area contributed by atoms with E-state index in [0.717, 1.165) is 15.6 Å². The molecule has 0 radical (unpaired) electrons. The highest BCUT2D eigenvalue weighted by Crippen LogP contribution is 2.32. The molecule has 0 aliphatic carbocycles. The molecule has 2 aromatic carbocycles. The minimum Gasteiger partial charge on any atom is -0.487 e. The van der Waals surface area contributed by atoms with Crippen LogP contribution in [0.15, 0.2) is 40.9 Å². The molecule has 0 aliphatic heterocycles. The fraction of sp³-hybridized carbons (Fsp3) is 0.143. The van der Waals surface area contributed by atoms with Gasteiger partial charge in [0, 0.05) is 16.6 Å². The second kappa shape index (κ2) is 6.62. The first-order valence-electron chi connectivity index (χ1n) is 5.66. The summed E-state index contributed by atoms with van der Waals surface area (Å²) in [6.07, 6.45) is 0. The van der Waals surface area contributed by atoms with Gasteiger partial charge < -0.3 is 10.5 Å². The molecule has 100 valence electrons. The molecule has 0 unspecified atom stereocenters. The van der Waals surface area contributed by atoms with E-state index in [0.29, 0.717) is 28.9 Å². The molecule has 2 nitrogen and oxygen atoms in total. The molecule has 19 heavy (non-hydrogen) atoms. The highest BCUT2D eigenvalue weighted by molar-refractivity contribution is 9.10. The zero-order chi connectivity index (χ0) is 13.8. The third kappa shape index (κ3) is 3.63. The van der Waals surface area contributed by atoms with Crippen LogP contribution < -0.4 is 10.5 Å². The fourth-order valence-corrected chi connectivity index (χ4v) is 2.47. The molecule has 0 heterocycles. The van der Waals surface area contributed by atoms with Crippen molar-refractivity contribution in [2.24, 2.45) is 5.73 Å². The monoisotopic (exact) mass is 359 g/mol. The second-order valence-electron chi connectivity index (χ2n) is 3.97. The molecule has 0 aromatic heterocycles.